The van der Waals surface area contributed by atoms with Crippen LogP contribution in [0.4, 0.5) is 10.1 Å². The van der Waals surface area contributed by atoms with Gasteiger partial charge in [-0.2, -0.15) is 4.99 Å². The highest BCUT2D eigenvalue weighted by Gasteiger charge is 2.03. The van der Waals surface area contributed by atoms with Crippen LogP contribution < -0.4 is 0 Å². The number of aromatic nitrogens is 1. The summed E-state index contributed by atoms with van der Waals surface area (Å²) in [4.78, 5) is 7.76. The third kappa shape index (κ3) is 1.41. The zero-order chi connectivity index (χ0) is 9.97. The highest BCUT2D eigenvalue weighted by Crippen LogP contribution is 2.24. The van der Waals surface area contributed by atoms with E-state index in [0.29, 0.717) is 16.6 Å². The number of halogens is 1. The number of nitrogens with zero attached hydrogens (tertiary/aromatic N) is 2. The molecule has 0 N–H and O–H groups in total. The van der Waals surface area contributed by atoms with Crippen molar-refractivity contribution in [1.82, 2.24) is 4.98 Å². The lowest BCUT2D eigenvalue weighted by atomic mass is 10.2. The first-order valence-corrected chi connectivity index (χ1v) is 4.35. The van der Waals surface area contributed by atoms with E-state index in [0.717, 1.165) is 0 Å². The number of pyridine rings is 1. The van der Waals surface area contributed by atoms with Gasteiger partial charge < -0.3 is 0 Å². The average Bonchev–Trinajstić information content (AvgIpc) is 2.20. The molecule has 0 fully saturated rings. The molecule has 2 nitrogen and oxygen atoms in total. The summed E-state index contributed by atoms with van der Waals surface area (Å²) in [5.41, 5.74) is 0.892. The third-order valence-electron chi connectivity index (χ3n) is 1.86. The smallest absolute Gasteiger partial charge is 0.149 e. The highest BCUT2D eigenvalue weighted by molar-refractivity contribution is 7.78. The zero-order valence-corrected chi connectivity index (χ0v) is 7.88. The standard InChI is InChI=1S/C10H5FN2S/c11-8-3-1-2-7-9(13-6-14)4-5-12-10(7)8/h1-5H. The maximum atomic E-state index is 13.3. The van der Waals surface area contributed by atoms with Crippen LogP contribution in [0.2, 0.25) is 0 Å². The number of isothiocyanates is 1. The largest absolute Gasteiger partial charge is 0.253 e. The molecule has 0 unspecified atom stereocenters. The van der Waals surface area contributed by atoms with Crippen LogP contribution in [0.5, 0.6) is 0 Å². The number of hydrogen-bond donors (Lipinski definition) is 0. The third-order valence-corrected chi connectivity index (χ3v) is 1.96. The normalized spacial score (nSPS) is 9.79. The summed E-state index contributed by atoms with van der Waals surface area (Å²) in [6.45, 7) is 0. The van der Waals surface area contributed by atoms with Gasteiger partial charge in [0.25, 0.3) is 0 Å². The fourth-order valence-corrected chi connectivity index (χ4v) is 1.37. The molecule has 1 aromatic carbocycles. The SMILES string of the molecule is Fc1cccc2c(N=C=S)ccnc12. The van der Waals surface area contributed by atoms with Gasteiger partial charge in [-0.1, -0.05) is 12.1 Å². The first-order valence-electron chi connectivity index (χ1n) is 3.94. The molecule has 1 aromatic heterocycles. The second-order valence-corrected chi connectivity index (χ2v) is 2.85. The van der Waals surface area contributed by atoms with Crippen molar-refractivity contribution in [3.05, 3.63) is 36.3 Å². The molecule has 2 aromatic rings. The van der Waals surface area contributed by atoms with Gasteiger partial charge in [0.15, 0.2) is 0 Å². The highest BCUT2D eigenvalue weighted by atomic mass is 32.1. The molecule has 0 saturated carbocycles. The zero-order valence-electron chi connectivity index (χ0n) is 7.07. The van der Waals surface area contributed by atoms with Gasteiger partial charge in [0.2, 0.25) is 0 Å². The summed E-state index contributed by atoms with van der Waals surface area (Å²) >= 11 is 4.50. The minimum atomic E-state index is -0.357. The van der Waals surface area contributed by atoms with Crippen molar-refractivity contribution < 1.29 is 4.39 Å². The van der Waals surface area contributed by atoms with Crippen molar-refractivity contribution in [2.24, 2.45) is 4.99 Å². The Labute approximate surface area is 85.1 Å². The maximum absolute atomic E-state index is 13.3. The van der Waals surface area contributed by atoms with Crippen molar-refractivity contribution in [1.29, 1.82) is 0 Å². The molecule has 0 saturated heterocycles. The minimum absolute atomic E-state index is 0.305. The summed E-state index contributed by atoms with van der Waals surface area (Å²) in [5, 5.41) is 2.90. The Bertz CT molecular complexity index is 533. The molecule has 0 aliphatic carbocycles. The van der Waals surface area contributed by atoms with Crippen LogP contribution in [-0.4, -0.2) is 10.1 Å². The number of fused-ring (bicyclic) bond motifs is 1. The Morgan fingerprint density at radius 2 is 2.21 bits per heavy atom. The number of aliphatic imine (C=N–C) groups is 1. The van der Waals surface area contributed by atoms with E-state index in [-0.39, 0.29) is 5.82 Å². The fraction of sp³-hybridized carbons (Fsp3) is 0. The van der Waals surface area contributed by atoms with E-state index in [1.807, 2.05) is 0 Å². The maximum Gasteiger partial charge on any atom is 0.149 e. The predicted molar refractivity (Wildman–Crippen MR) is 56.4 cm³/mol. The Kier molecular flexibility index (Phi) is 2.31. The van der Waals surface area contributed by atoms with Crippen molar-refractivity contribution >= 4 is 34.0 Å². The second kappa shape index (κ2) is 3.62. The number of benzene rings is 1. The molecule has 1 heterocycles. The van der Waals surface area contributed by atoms with E-state index < -0.39 is 0 Å². The van der Waals surface area contributed by atoms with Crippen LogP contribution in [0.25, 0.3) is 10.9 Å². The molecule has 14 heavy (non-hydrogen) atoms. The van der Waals surface area contributed by atoms with E-state index in [1.165, 1.54) is 12.3 Å². The molecule has 0 atom stereocenters. The van der Waals surface area contributed by atoms with Gasteiger partial charge in [-0.15, -0.1) is 0 Å². The predicted octanol–water partition coefficient (Wildman–Crippen LogP) is 3.11. The van der Waals surface area contributed by atoms with E-state index in [4.69, 9.17) is 0 Å². The van der Waals surface area contributed by atoms with E-state index in [2.05, 4.69) is 27.4 Å². The summed E-state index contributed by atoms with van der Waals surface area (Å²) < 4.78 is 13.3. The first kappa shape index (κ1) is 8.94. The van der Waals surface area contributed by atoms with E-state index in [1.54, 1.807) is 18.2 Å². The summed E-state index contributed by atoms with van der Waals surface area (Å²) in [6.07, 6.45) is 1.50. The molecule has 0 bridgehead atoms. The average molecular weight is 204 g/mol. The van der Waals surface area contributed by atoms with Gasteiger partial charge >= 0.3 is 0 Å². The Morgan fingerprint density at radius 3 is 3.00 bits per heavy atom. The molecule has 0 amide bonds. The topological polar surface area (TPSA) is 25.2 Å². The molecule has 0 aliphatic rings. The number of thiocarbonyl (C=S) groups is 1. The van der Waals surface area contributed by atoms with Crippen LogP contribution in [0.1, 0.15) is 0 Å². The van der Waals surface area contributed by atoms with Crippen molar-refractivity contribution in [3.8, 4) is 0 Å². The van der Waals surface area contributed by atoms with Gasteiger partial charge in [-0.05, 0) is 24.4 Å². The molecule has 68 valence electrons. The van der Waals surface area contributed by atoms with Gasteiger partial charge in [0, 0.05) is 11.6 Å². The second-order valence-electron chi connectivity index (χ2n) is 2.67. The number of hydrogen-bond acceptors (Lipinski definition) is 3. The quantitative estimate of drug-likeness (QED) is 0.526. The lowest BCUT2D eigenvalue weighted by molar-refractivity contribution is 0.637. The Balaban J connectivity index is 2.87. The minimum Gasteiger partial charge on any atom is -0.253 e. The summed E-state index contributed by atoms with van der Waals surface area (Å²) in [5.74, 6) is -0.357. The van der Waals surface area contributed by atoms with Crippen molar-refractivity contribution in [2.75, 3.05) is 0 Å². The molecular weight excluding hydrogens is 199 g/mol. The van der Waals surface area contributed by atoms with Gasteiger partial charge in [0.05, 0.1) is 10.8 Å². The number of rotatable bonds is 1. The van der Waals surface area contributed by atoms with Gasteiger partial charge in [-0.25, -0.2) is 4.39 Å². The van der Waals surface area contributed by atoms with Crippen LogP contribution in [0.3, 0.4) is 0 Å². The molecule has 2 rings (SSSR count). The van der Waals surface area contributed by atoms with Gasteiger partial charge in [0.1, 0.15) is 11.3 Å². The summed E-state index contributed by atoms with van der Waals surface area (Å²) in [6, 6.07) is 6.39. The van der Waals surface area contributed by atoms with Gasteiger partial charge in [-0.3, -0.25) is 4.98 Å². The molecule has 0 spiro atoms. The Hall–Kier alpha value is -1.64. The van der Waals surface area contributed by atoms with E-state index >= 15 is 0 Å². The Morgan fingerprint density at radius 1 is 1.36 bits per heavy atom. The van der Waals surface area contributed by atoms with Crippen LogP contribution in [0.15, 0.2) is 35.5 Å². The summed E-state index contributed by atoms with van der Waals surface area (Å²) in [7, 11) is 0. The molecule has 0 radical (unpaired) electrons. The van der Waals surface area contributed by atoms with Crippen LogP contribution >= 0.6 is 12.2 Å². The van der Waals surface area contributed by atoms with E-state index in [9.17, 15) is 4.39 Å². The fourth-order valence-electron chi connectivity index (χ4n) is 1.27. The lowest BCUT2D eigenvalue weighted by Crippen LogP contribution is -1.83. The van der Waals surface area contributed by atoms with Crippen molar-refractivity contribution in [3.63, 3.8) is 0 Å². The lowest BCUT2D eigenvalue weighted by Gasteiger charge is -1.99. The van der Waals surface area contributed by atoms with Crippen molar-refractivity contribution in [2.45, 2.75) is 0 Å². The number of para-hydroxylation sites is 1. The first-order chi connectivity index (χ1) is 6.83. The van der Waals surface area contributed by atoms with Crippen LogP contribution in [-0.2, 0) is 0 Å². The van der Waals surface area contributed by atoms with Crippen LogP contribution in [0, 0.1) is 5.82 Å². The molecule has 4 heteroatoms. The molecule has 0 aliphatic heterocycles. The molecular formula is C10H5FN2S. The monoisotopic (exact) mass is 204 g/mol.